The average Bonchev–Trinajstić information content (AvgIpc) is 3.58. The predicted octanol–water partition coefficient (Wildman–Crippen LogP) is 2.17. The second-order valence-electron chi connectivity index (χ2n) is 11.8. The fraction of sp³-hybridized carbons (Fsp3) is 0.633. The van der Waals surface area contributed by atoms with Gasteiger partial charge in [0.2, 0.25) is 17.7 Å². The van der Waals surface area contributed by atoms with Gasteiger partial charge in [-0.1, -0.05) is 37.5 Å². The standard InChI is InChI=1S/C30H40N4O5/c1-19-8-9-22(18-20(19)2)32-27(35)24-23-10-11-30(39-23)25(24)29(37)34(13-12-33-14-16-38-17-15-33)26(30)28(36)31-21-6-4-3-5-7-21/h8-11,18,21,23-26H,3-7,12-17H2,1-2H3,(H,31,36)(H,32,35)/t23-,24-,25-,26+,30-/m1/s1. The van der Waals surface area contributed by atoms with E-state index in [2.05, 4.69) is 15.5 Å². The number of rotatable bonds is 7. The molecule has 210 valence electrons. The van der Waals surface area contributed by atoms with Crippen molar-refractivity contribution in [2.45, 2.75) is 69.7 Å². The summed E-state index contributed by atoms with van der Waals surface area (Å²) >= 11 is 0. The molecule has 39 heavy (non-hydrogen) atoms. The predicted molar refractivity (Wildman–Crippen MR) is 146 cm³/mol. The van der Waals surface area contributed by atoms with E-state index in [9.17, 15) is 14.4 Å². The van der Waals surface area contributed by atoms with E-state index in [1.807, 2.05) is 44.2 Å². The number of benzene rings is 1. The van der Waals surface area contributed by atoms with E-state index in [1.54, 1.807) is 4.90 Å². The number of carbonyl (C=O) groups excluding carboxylic acids is 3. The first-order valence-corrected chi connectivity index (χ1v) is 14.5. The van der Waals surface area contributed by atoms with Crippen molar-refractivity contribution >= 4 is 23.4 Å². The zero-order valence-corrected chi connectivity index (χ0v) is 23.0. The van der Waals surface area contributed by atoms with Crippen LogP contribution in [0.5, 0.6) is 0 Å². The Morgan fingerprint density at radius 1 is 1.03 bits per heavy atom. The Hall–Kier alpha value is -2.75. The number of amides is 3. The number of anilines is 1. The minimum Gasteiger partial charge on any atom is -0.379 e. The topological polar surface area (TPSA) is 100 Å². The molecule has 4 aliphatic heterocycles. The lowest BCUT2D eigenvalue weighted by Crippen LogP contribution is -2.57. The van der Waals surface area contributed by atoms with Gasteiger partial charge in [0.25, 0.3) is 0 Å². The van der Waals surface area contributed by atoms with Crippen LogP contribution < -0.4 is 10.6 Å². The van der Waals surface area contributed by atoms with Crippen LogP contribution >= 0.6 is 0 Å². The summed E-state index contributed by atoms with van der Waals surface area (Å²) in [7, 11) is 0. The lowest BCUT2D eigenvalue weighted by molar-refractivity contribution is -0.141. The largest absolute Gasteiger partial charge is 0.379 e. The molecule has 0 aromatic heterocycles. The molecule has 1 aromatic rings. The smallest absolute Gasteiger partial charge is 0.246 e. The molecule has 1 spiro atoms. The van der Waals surface area contributed by atoms with Crippen LogP contribution in [0.2, 0.25) is 0 Å². The molecule has 4 fully saturated rings. The van der Waals surface area contributed by atoms with Gasteiger partial charge in [0.15, 0.2) is 0 Å². The number of carbonyl (C=O) groups is 3. The third-order valence-electron chi connectivity index (χ3n) is 9.41. The average molecular weight is 537 g/mol. The highest BCUT2D eigenvalue weighted by Gasteiger charge is 2.72. The molecule has 5 atom stereocenters. The van der Waals surface area contributed by atoms with E-state index in [0.717, 1.165) is 49.9 Å². The van der Waals surface area contributed by atoms with Gasteiger partial charge in [-0.2, -0.15) is 0 Å². The Kier molecular flexibility index (Phi) is 7.24. The van der Waals surface area contributed by atoms with E-state index in [4.69, 9.17) is 9.47 Å². The van der Waals surface area contributed by atoms with Crippen molar-refractivity contribution in [1.82, 2.24) is 15.1 Å². The SMILES string of the molecule is Cc1ccc(NC(=O)[C@@H]2[C@H]3C=C[C@]4(O3)[C@H](C(=O)NC3CCCCC3)N(CCN3CCOCC3)C(=O)[C@@H]24)cc1C. The lowest BCUT2D eigenvalue weighted by atomic mass is 9.74. The van der Waals surface area contributed by atoms with Crippen LogP contribution in [-0.2, 0) is 23.9 Å². The number of ether oxygens (including phenoxy) is 2. The van der Waals surface area contributed by atoms with Gasteiger partial charge < -0.3 is 25.0 Å². The zero-order chi connectivity index (χ0) is 27.1. The van der Waals surface area contributed by atoms with E-state index in [-0.39, 0.29) is 23.8 Å². The minimum atomic E-state index is -1.13. The number of hydrogen-bond acceptors (Lipinski definition) is 6. The Labute approximate surface area is 230 Å². The monoisotopic (exact) mass is 536 g/mol. The highest BCUT2D eigenvalue weighted by molar-refractivity contribution is 6.02. The second-order valence-corrected chi connectivity index (χ2v) is 11.8. The summed E-state index contributed by atoms with van der Waals surface area (Å²) in [5.74, 6) is -2.00. The summed E-state index contributed by atoms with van der Waals surface area (Å²) in [6.07, 6.45) is 8.53. The zero-order valence-electron chi connectivity index (χ0n) is 23.0. The first-order chi connectivity index (χ1) is 18.9. The van der Waals surface area contributed by atoms with Crippen LogP contribution in [0, 0.1) is 25.7 Å². The fourth-order valence-electron chi connectivity index (χ4n) is 7.15. The number of aryl methyl sites for hydroxylation is 2. The van der Waals surface area contributed by atoms with Gasteiger partial charge in [0.05, 0.1) is 31.2 Å². The summed E-state index contributed by atoms with van der Waals surface area (Å²) in [5.41, 5.74) is 1.80. The van der Waals surface area contributed by atoms with Gasteiger partial charge in [0.1, 0.15) is 11.6 Å². The van der Waals surface area contributed by atoms with Crippen molar-refractivity contribution in [3.63, 3.8) is 0 Å². The Morgan fingerprint density at radius 2 is 1.79 bits per heavy atom. The van der Waals surface area contributed by atoms with Crippen molar-refractivity contribution in [3.05, 3.63) is 41.5 Å². The Bertz CT molecular complexity index is 1160. The molecule has 1 aromatic carbocycles. The van der Waals surface area contributed by atoms with E-state index >= 15 is 0 Å². The molecular formula is C30H40N4O5. The van der Waals surface area contributed by atoms with E-state index < -0.39 is 29.6 Å². The molecular weight excluding hydrogens is 496 g/mol. The molecule has 3 amide bonds. The van der Waals surface area contributed by atoms with Crippen molar-refractivity contribution in [2.24, 2.45) is 11.8 Å². The summed E-state index contributed by atoms with van der Waals surface area (Å²) < 4.78 is 12.0. The molecule has 0 unspecified atom stereocenters. The second kappa shape index (κ2) is 10.7. The Balaban J connectivity index is 1.26. The summed E-state index contributed by atoms with van der Waals surface area (Å²) in [6.45, 7) is 8.03. The van der Waals surface area contributed by atoms with Crippen LogP contribution in [0.15, 0.2) is 30.4 Å². The van der Waals surface area contributed by atoms with E-state index in [1.165, 1.54) is 6.42 Å². The molecule has 5 aliphatic rings. The molecule has 6 rings (SSSR count). The maximum atomic E-state index is 14.1. The van der Waals surface area contributed by atoms with Crippen LogP contribution in [0.25, 0.3) is 0 Å². The van der Waals surface area contributed by atoms with Crippen molar-refractivity contribution in [3.8, 4) is 0 Å². The van der Waals surface area contributed by atoms with Crippen molar-refractivity contribution < 1.29 is 23.9 Å². The fourth-order valence-corrected chi connectivity index (χ4v) is 7.15. The molecule has 4 heterocycles. The van der Waals surface area contributed by atoms with Crippen LogP contribution in [0.3, 0.4) is 0 Å². The quantitative estimate of drug-likeness (QED) is 0.519. The molecule has 2 bridgehead atoms. The van der Waals surface area contributed by atoms with Gasteiger partial charge in [-0.25, -0.2) is 0 Å². The van der Waals surface area contributed by atoms with Gasteiger partial charge in [-0.3, -0.25) is 19.3 Å². The van der Waals surface area contributed by atoms with Gasteiger partial charge in [-0.15, -0.1) is 0 Å². The molecule has 2 N–H and O–H groups in total. The first-order valence-electron chi connectivity index (χ1n) is 14.5. The summed E-state index contributed by atoms with van der Waals surface area (Å²) in [5, 5.41) is 6.28. The molecule has 1 saturated carbocycles. The maximum Gasteiger partial charge on any atom is 0.246 e. The first kappa shape index (κ1) is 26.5. The number of fused-ring (bicyclic) bond motifs is 1. The molecule has 9 heteroatoms. The minimum absolute atomic E-state index is 0.115. The highest BCUT2D eigenvalue weighted by atomic mass is 16.5. The number of nitrogens with one attached hydrogen (secondary N) is 2. The van der Waals surface area contributed by atoms with Crippen molar-refractivity contribution in [1.29, 1.82) is 0 Å². The van der Waals surface area contributed by atoms with Crippen LogP contribution in [-0.4, -0.2) is 90.7 Å². The third-order valence-corrected chi connectivity index (χ3v) is 9.41. The normalized spacial score (nSPS) is 32.5. The van der Waals surface area contributed by atoms with Crippen LogP contribution in [0.4, 0.5) is 5.69 Å². The summed E-state index contributed by atoms with van der Waals surface area (Å²) in [6, 6.07) is 5.12. The van der Waals surface area contributed by atoms with Gasteiger partial charge in [-0.05, 0) is 49.9 Å². The maximum absolute atomic E-state index is 14.1. The molecule has 9 nitrogen and oxygen atoms in total. The molecule has 3 saturated heterocycles. The van der Waals surface area contributed by atoms with E-state index in [0.29, 0.717) is 32.0 Å². The molecule has 0 radical (unpaired) electrons. The number of nitrogens with zero attached hydrogens (tertiary/aromatic N) is 2. The highest BCUT2D eigenvalue weighted by Crippen LogP contribution is 2.55. The van der Waals surface area contributed by atoms with Gasteiger partial charge in [0, 0.05) is 37.9 Å². The summed E-state index contributed by atoms with van der Waals surface area (Å²) in [4.78, 5) is 45.7. The van der Waals surface area contributed by atoms with Crippen molar-refractivity contribution in [2.75, 3.05) is 44.7 Å². The van der Waals surface area contributed by atoms with Gasteiger partial charge >= 0.3 is 0 Å². The van der Waals surface area contributed by atoms with Crippen LogP contribution in [0.1, 0.15) is 43.2 Å². The lowest BCUT2D eigenvalue weighted by Gasteiger charge is -2.35. The number of morpholine rings is 1. The number of hydrogen-bond donors (Lipinski definition) is 2. The third kappa shape index (κ3) is 4.78. The Morgan fingerprint density at radius 3 is 2.54 bits per heavy atom. The number of likely N-dealkylation sites (tertiary alicyclic amines) is 1. The molecule has 1 aliphatic carbocycles.